The standard InChI is InChI=1S/C29H31N5O2/c1-32-25-11-10-23(15-24(25)16-30-32)20-4-6-21(7-5-20)26-31-29(12-13-29)28(36)34(26)18-19-3-2-14-33(17-19)27(35)22-8-9-22/h4-7,10-11,15-16,19,22H,2-3,8-9,12-14,17-18H2,1H3. The van der Waals surface area contributed by atoms with E-state index in [1.165, 1.54) is 0 Å². The van der Waals surface area contributed by atoms with Gasteiger partial charge in [-0.1, -0.05) is 30.3 Å². The molecule has 1 aromatic heterocycles. The molecule has 0 radical (unpaired) electrons. The zero-order valence-electron chi connectivity index (χ0n) is 20.7. The fourth-order valence-electron chi connectivity index (χ4n) is 5.91. The van der Waals surface area contributed by atoms with Crippen molar-refractivity contribution in [2.24, 2.45) is 23.9 Å². The number of carbonyl (C=O) groups is 2. The number of likely N-dealkylation sites (tertiary alicyclic amines) is 1. The first-order valence-electron chi connectivity index (χ1n) is 13.2. The number of piperidine rings is 1. The lowest BCUT2D eigenvalue weighted by Crippen LogP contribution is -2.46. The van der Waals surface area contributed by atoms with Crippen LogP contribution in [-0.2, 0) is 16.6 Å². The average molecular weight is 482 g/mol. The number of aliphatic imine (C=N–C) groups is 1. The number of benzene rings is 2. The van der Waals surface area contributed by atoms with E-state index < -0.39 is 5.54 Å². The van der Waals surface area contributed by atoms with E-state index in [-0.39, 0.29) is 11.8 Å². The van der Waals surface area contributed by atoms with Crippen molar-refractivity contribution < 1.29 is 9.59 Å². The Hall–Kier alpha value is -3.48. The van der Waals surface area contributed by atoms with Gasteiger partial charge in [0.05, 0.1) is 11.7 Å². The quantitative estimate of drug-likeness (QED) is 0.553. The van der Waals surface area contributed by atoms with Crippen LogP contribution in [0.25, 0.3) is 22.0 Å². The maximum Gasteiger partial charge on any atom is 0.256 e. The molecular weight excluding hydrogens is 450 g/mol. The summed E-state index contributed by atoms with van der Waals surface area (Å²) >= 11 is 0. The Balaban J connectivity index is 1.12. The number of hydrogen-bond donors (Lipinski definition) is 0. The van der Waals surface area contributed by atoms with Gasteiger partial charge in [0, 0.05) is 43.5 Å². The number of nitrogens with zero attached hydrogens (tertiary/aromatic N) is 5. The Morgan fingerprint density at radius 3 is 2.53 bits per heavy atom. The van der Waals surface area contributed by atoms with Crippen molar-refractivity contribution in [2.45, 2.75) is 44.1 Å². The van der Waals surface area contributed by atoms with Crippen molar-refractivity contribution >= 4 is 28.6 Å². The van der Waals surface area contributed by atoms with Gasteiger partial charge < -0.3 is 4.90 Å². The van der Waals surface area contributed by atoms with E-state index in [9.17, 15) is 9.59 Å². The molecule has 3 fully saturated rings. The number of amidine groups is 1. The van der Waals surface area contributed by atoms with Crippen molar-refractivity contribution in [1.82, 2.24) is 19.6 Å². The lowest BCUT2D eigenvalue weighted by molar-refractivity contribution is -0.134. The normalized spacial score (nSPS) is 23.0. The maximum absolute atomic E-state index is 13.4. The first kappa shape index (κ1) is 21.8. The summed E-state index contributed by atoms with van der Waals surface area (Å²) in [5, 5.41) is 5.47. The topological polar surface area (TPSA) is 70.8 Å². The SMILES string of the molecule is Cn1ncc2cc(-c3ccc(C4=NC5(CC5)C(=O)N4CC4CCCN(C(=O)C5CC5)C4)cc3)ccc21. The van der Waals surface area contributed by atoms with Crippen molar-refractivity contribution in [2.75, 3.05) is 19.6 Å². The number of carbonyl (C=O) groups excluding carboxylic acids is 2. The second-order valence-electron chi connectivity index (χ2n) is 11.1. The van der Waals surface area contributed by atoms with Gasteiger partial charge in [-0.15, -0.1) is 0 Å². The van der Waals surface area contributed by atoms with Crippen LogP contribution in [0, 0.1) is 11.8 Å². The van der Waals surface area contributed by atoms with Crippen LogP contribution < -0.4 is 0 Å². The maximum atomic E-state index is 13.4. The Bertz CT molecular complexity index is 1400. The van der Waals surface area contributed by atoms with E-state index in [1.807, 2.05) is 27.7 Å². The highest BCUT2D eigenvalue weighted by Crippen LogP contribution is 2.46. The van der Waals surface area contributed by atoms with E-state index >= 15 is 0 Å². The second-order valence-corrected chi connectivity index (χ2v) is 11.1. The third-order valence-corrected chi connectivity index (χ3v) is 8.36. The molecule has 2 saturated carbocycles. The number of aromatic nitrogens is 2. The zero-order valence-corrected chi connectivity index (χ0v) is 20.7. The van der Waals surface area contributed by atoms with Gasteiger partial charge in [0.2, 0.25) is 5.91 Å². The van der Waals surface area contributed by atoms with Gasteiger partial charge in [-0.25, -0.2) is 0 Å². The minimum atomic E-state index is -0.530. The van der Waals surface area contributed by atoms with Crippen molar-refractivity contribution in [3.8, 4) is 11.1 Å². The Labute approximate surface area is 210 Å². The van der Waals surface area contributed by atoms with Gasteiger partial charge in [0.25, 0.3) is 5.91 Å². The molecule has 3 aromatic rings. The lowest BCUT2D eigenvalue weighted by Gasteiger charge is -2.35. The molecule has 1 atom stereocenters. The molecule has 4 aliphatic rings. The molecule has 184 valence electrons. The van der Waals surface area contributed by atoms with Gasteiger partial charge in [0.1, 0.15) is 11.4 Å². The second kappa shape index (κ2) is 8.02. The van der Waals surface area contributed by atoms with Crippen molar-refractivity contribution in [3.63, 3.8) is 0 Å². The first-order chi connectivity index (χ1) is 17.5. The highest BCUT2D eigenvalue weighted by atomic mass is 16.2. The van der Waals surface area contributed by atoms with Crippen molar-refractivity contribution in [3.05, 3.63) is 54.2 Å². The number of fused-ring (bicyclic) bond motifs is 1. The summed E-state index contributed by atoms with van der Waals surface area (Å²) in [6.45, 7) is 2.26. The first-order valence-corrected chi connectivity index (χ1v) is 13.2. The van der Waals surface area contributed by atoms with Crippen LogP contribution >= 0.6 is 0 Å². The summed E-state index contributed by atoms with van der Waals surface area (Å²) in [4.78, 5) is 35.0. The molecule has 7 rings (SSSR count). The summed E-state index contributed by atoms with van der Waals surface area (Å²) in [7, 11) is 1.95. The van der Waals surface area contributed by atoms with E-state index in [2.05, 4.69) is 47.6 Å². The predicted molar refractivity (Wildman–Crippen MR) is 138 cm³/mol. The van der Waals surface area contributed by atoms with Gasteiger partial charge in [-0.2, -0.15) is 5.10 Å². The van der Waals surface area contributed by atoms with Gasteiger partial charge in [-0.3, -0.25) is 24.2 Å². The van der Waals surface area contributed by atoms with Crippen LogP contribution in [0.15, 0.2) is 53.7 Å². The van der Waals surface area contributed by atoms with Crippen LogP contribution in [0.2, 0.25) is 0 Å². The van der Waals surface area contributed by atoms with Crippen LogP contribution in [0.5, 0.6) is 0 Å². The summed E-state index contributed by atoms with van der Waals surface area (Å²) in [6.07, 6.45) is 7.71. The van der Waals surface area contributed by atoms with E-state index in [0.717, 1.165) is 85.0 Å². The molecule has 3 heterocycles. The molecule has 1 spiro atoms. The van der Waals surface area contributed by atoms with Gasteiger partial charge >= 0.3 is 0 Å². The Morgan fingerprint density at radius 2 is 1.78 bits per heavy atom. The molecule has 1 saturated heterocycles. The lowest BCUT2D eigenvalue weighted by atomic mass is 9.96. The molecule has 7 heteroatoms. The van der Waals surface area contributed by atoms with Crippen molar-refractivity contribution in [1.29, 1.82) is 0 Å². The Morgan fingerprint density at radius 1 is 1.03 bits per heavy atom. The van der Waals surface area contributed by atoms with E-state index in [0.29, 0.717) is 18.4 Å². The molecule has 2 amide bonds. The monoisotopic (exact) mass is 481 g/mol. The molecule has 0 N–H and O–H groups in total. The minimum Gasteiger partial charge on any atom is -0.342 e. The number of hydrogen-bond acceptors (Lipinski definition) is 4. The molecular formula is C29H31N5O2. The summed E-state index contributed by atoms with van der Waals surface area (Å²) in [5.74, 6) is 1.82. The zero-order chi connectivity index (χ0) is 24.4. The minimum absolute atomic E-state index is 0.147. The Kier molecular flexibility index (Phi) is 4.85. The smallest absolute Gasteiger partial charge is 0.256 e. The van der Waals surface area contributed by atoms with Crippen LogP contribution in [0.3, 0.4) is 0 Å². The van der Waals surface area contributed by atoms with Crippen LogP contribution in [0.4, 0.5) is 0 Å². The summed E-state index contributed by atoms with van der Waals surface area (Å²) in [6, 6.07) is 14.8. The van der Waals surface area contributed by atoms with Gasteiger partial charge in [-0.05, 0) is 67.7 Å². The summed E-state index contributed by atoms with van der Waals surface area (Å²) < 4.78 is 1.88. The molecule has 36 heavy (non-hydrogen) atoms. The predicted octanol–water partition coefficient (Wildman–Crippen LogP) is 4.01. The number of rotatable bonds is 5. The average Bonchev–Trinajstić information content (AvgIpc) is 3.84. The molecule has 0 bridgehead atoms. The summed E-state index contributed by atoms with van der Waals surface area (Å²) in [5.41, 5.74) is 3.84. The third-order valence-electron chi connectivity index (χ3n) is 8.36. The molecule has 2 aliphatic carbocycles. The van der Waals surface area contributed by atoms with Crippen LogP contribution in [0.1, 0.15) is 44.1 Å². The third kappa shape index (κ3) is 3.64. The van der Waals surface area contributed by atoms with E-state index in [1.54, 1.807) is 0 Å². The fourth-order valence-corrected chi connectivity index (χ4v) is 5.91. The molecule has 7 nitrogen and oxygen atoms in total. The van der Waals surface area contributed by atoms with Gasteiger partial charge in [0.15, 0.2) is 0 Å². The highest BCUT2D eigenvalue weighted by molar-refractivity contribution is 6.16. The highest BCUT2D eigenvalue weighted by Gasteiger charge is 2.57. The fraction of sp³-hybridized carbons (Fsp3) is 0.448. The van der Waals surface area contributed by atoms with E-state index in [4.69, 9.17) is 4.99 Å². The largest absolute Gasteiger partial charge is 0.342 e. The molecule has 1 unspecified atom stereocenters. The number of aryl methyl sites for hydroxylation is 1. The molecule has 2 aliphatic heterocycles. The number of amides is 2. The van der Waals surface area contributed by atoms with Crippen LogP contribution in [-0.4, -0.2) is 62.4 Å². The molecule has 2 aromatic carbocycles.